The van der Waals surface area contributed by atoms with E-state index in [2.05, 4.69) is 38.1 Å². The molecule has 4 aromatic rings. The Bertz CT molecular complexity index is 1240. The van der Waals surface area contributed by atoms with Crippen LogP contribution in [0.4, 0.5) is 0 Å². The van der Waals surface area contributed by atoms with E-state index in [4.69, 9.17) is 4.74 Å². The Morgan fingerprint density at radius 1 is 1.13 bits per heavy atom. The molecule has 30 heavy (non-hydrogen) atoms. The quantitative estimate of drug-likeness (QED) is 0.536. The molecule has 6 heteroatoms. The van der Waals surface area contributed by atoms with Crippen molar-refractivity contribution in [2.45, 2.75) is 33.0 Å². The first kappa shape index (κ1) is 18.6. The summed E-state index contributed by atoms with van der Waals surface area (Å²) in [4.78, 5) is 25.4. The zero-order valence-corrected chi connectivity index (χ0v) is 16.9. The van der Waals surface area contributed by atoms with Crippen molar-refractivity contribution in [2.24, 2.45) is 0 Å². The smallest absolute Gasteiger partial charge is 0.255 e. The molecule has 3 heterocycles. The fraction of sp³-hybridized carbons (Fsp3) is 0.250. The van der Waals surface area contributed by atoms with Gasteiger partial charge < -0.3 is 14.7 Å². The van der Waals surface area contributed by atoms with Gasteiger partial charge in [0.2, 0.25) is 0 Å². The Balaban J connectivity index is 1.39. The van der Waals surface area contributed by atoms with Gasteiger partial charge in [0, 0.05) is 43.2 Å². The van der Waals surface area contributed by atoms with Crippen LogP contribution in [0.1, 0.15) is 28.2 Å². The number of rotatable bonds is 5. The highest BCUT2D eigenvalue weighted by molar-refractivity contribution is 5.89. The number of nitrogens with zero attached hydrogens (tertiary/aromatic N) is 2. The maximum absolute atomic E-state index is 12.4. The minimum atomic E-state index is -0.0204. The van der Waals surface area contributed by atoms with E-state index in [1.54, 1.807) is 0 Å². The van der Waals surface area contributed by atoms with E-state index in [0.29, 0.717) is 19.0 Å². The molecule has 6 nitrogen and oxygen atoms in total. The molecule has 0 radical (unpaired) electrons. The molecule has 0 atom stereocenters. The summed E-state index contributed by atoms with van der Waals surface area (Å²) >= 11 is 0. The van der Waals surface area contributed by atoms with Crippen molar-refractivity contribution < 1.29 is 4.74 Å². The van der Waals surface area contributed by atoms with Crippen LogP contribution in [0.3, 0.4) is 0 Å². The number of fused-ring (bicyclic) bond motifs is 2. The lowest BCUT2D eigenvalue weighted by Crippen LogP contribution is -2.35. The van der Waals surface area contributed by atoms with Crippen molar-refractivity contribution in [3.05, 3.63) is 93.3 Å². The van der Waals surface area contributed by atoms with Crippen molar-refractivity contribution >= 4 is 10.9 Å². The highest BCUT2D eigenvalue weighted by Crippen LogP contribution is 2.31. The molecule has 152 valence electrons. The van der Waals surface area contributed by atoms with Crippen LogP contribution in [0.15, 0.2) is 59.5 Å². The third-order valence-corrected chi connectivity index (χ3v) is 5.65. The largest absolute Gasteiger partial charge is 0.488 e. The van der Waals surface area contributed by atoms with Gasteiger partial charge in [-0.05, 0) is 30.2 Å². The Labute approximate surface area is 174 Å². The summed E-state index contributed by atoms with van der Waals surface area (Å²) in [6, 6.07) is 16.3. The molecule has 0 spiro atoms. The Morgan fingerprint density at radius 3 is 2.87 bits per heavy atom. The number of nitrogens with one attached hydrogen (secondary N) is 2. The average Bonchev–Trinajstić information content (AvgIpc) is 3.17. The lowest BCUT2D eigenvalue weighted by atomic mass is 10.1. The van der Waals surface area contributed by atoms with Crippen LogP contribution in [0, 0.1) is 6.92 Å². The number of hydrogen-bond acceptors (Lipinski definition) is 4. The fourth-order valence-electron chi connectivity index (χ4n) is 4.18. The minimum absolute atomic E-state index is 0.0204. The number of aryl methyl sites for hydroxylation is 1. The third-order valence-electron chi connectivity index (χ3n) is 5.65. The van der Waals surface area contributed by atoms with Crippen molar-refractivity contribution in [3.8, 4) is 5.75 Å². The number of ether oxygens (including phenoxy) is 1. The standard InChI is InChI=1S/C24H24N4O2/c1-16-26-20-10-11-28(14-19(20)24(29)27-16)13-18-12-25-21-8-5-9-22(23(18)21)30-15-17-6-3-2-4-7-17/h2-9,12,25H,10-11,13-15H2,1H3,(H,26,27,29). The van der Waals surface area contributed by atoms with E-state index in [9.17, 15) is 4.79 Å². The van der Waals surface area contributed by atoms with Crippen LogP contribution >= 0.6 is 0 Å². The SMILES string of the molecule is Cc1nc2c(c(=O)[nH]1)CN(Cc1c[nH]c3cccc(OCc4ccccc4)c13)CC2. The summed E-state index contributed by atoms with van der Waals surface area (Å²) in [5, 5.41) is 1.11. The first-order valence-corrected chi connectivity index (χ1v) is 10.2. The first-order chi connectivity index (χ1) is 14.7. The average molecular weight is 400 g/mol. The van der Waals surface area contributed by atoms with Gasteiger partial charge in [-0.15, -0.1) is 0 Å². The Morgan fingerprint density at radius 2 is 2.00 bits per heavy atom. The van der Waals surface area contributed by atoms with Crippen molar-refractivity contribution in [3.63, 3.8) is 0 Å². The predicted octanol–water partition coefficient (Wildman–Crippen LogP) is 3.70. The summed E-state index contributed by atoms with van der Waals surface area (Å²) in [5.74, 6) is 1.56. The second-order valence-electron chi connectivity index (χ2n) is 7.80. The molecule has 2 aromatic heterocycles. The zero-order chi connectivity index (χ0) is 20.5. The van der Waals surface area contributed by atoms with Gasteiger partial charge in [-0.3, -0.25) is 9.69 Å². The fourth-order valence-corrected chi connectivity index (χ4v) is 4.18. The zero-order valence-electron chi connectivity index (χ0n) is 16.9. The topological polar surface area (TPSA) is 74.0 Å². The van der Waals surface area contributed by atoms with Gasteiger partial charge in [0.25, 0.3) is 5.56 Å². The molecule has 0 amide bonds. The van der Waals surface area contributed by atoms with Crippen molar-refractivity contribution in [2.75, 3.05) is 6.54 Å². The van der Waals surface area contributed by atoms with Gasteiger partial charge in [-0.2, -0.15) is 0 Å². The molecule has 5 rings (SSSR count). The molecule has 2 aromatic carbocycles. The molecule has 0 fully saturated rings. The second kappa shape index (κ2) is 7.80. The van der Waals surface area contributed by atoms with E-state index < -0.39 is 0 Å². The lowest BCUT2D eigenvalue weighted by molar-refractivity contribution is 0.242. The second-order valence-corrected chi connectivity index (χ2v) is 7.80. The van der Waals surface area contributed by atoms with E-state index in [-0.39, 0.29) is 5.56 Å². The van der Waals surface area contributed by atoms with Crippen LogP contribution in [-0.4, -0.2) is 26.4 Å². The van der Waals surface area contributed by atoms with Crippen molar-refractivity contribution in [1.29, 1.82) is 0 Å². The summed E-state index contributed by atoms with van der Waals surface area (Å²) < 4.78 is 6.18. The van der Waals surface area contributed by atoms with Crippen LogP contribution in [0.2, 0.25) is 0 Å². The number of H-pyrrole nitrogens is 2. The Kier molecular flexibility index (Phi) is 4.85. The molecule has 1 aliphatic heterocycles. The van der Waals surface area contributed by atoms with Crippen LogP contribution < -0.4 is 10.3 Å². The predicted molar refractivity (Wildman–Crippen MR) is 116 cm³/mol. The Hall–Kier alpha value is -3.38. The summed E-state index contributed by atoms with van der Waals surface area (Å²) in [6.45, 7) is 4.60. The van der Waals surface area contributed by atoms with E-state index in [0.717, 1.165) is 53.0 Å². The van der Waals surface area contributed by atoms with Gasteiger partial charge in [0.1, 0.15) is 18.2 Å². The highest BCUT2D eigenvalue weighted by atomic mass is 16.5. The summed E-state index contributed by atoms with van der Waals surface area (Å²) in [5.41, 5.74) is 5.07. The number of hydrogen-bond donors (Lipinski definition) is 2. The highest BCUT2D eigenvalue weighted by Gasteiger charge is 2.22. The summed E-state index contributed by atoms with van der Waals surface area (Å²) in [6.07, 6.45) is 2.84. The van der Waals surface area contributed by atoms with Gasteiger partial charge in [-0.1, -0.05) is 36.4 Å². The van der Waals surface area contributed by atoms with E-state index in [1.165, 1.54) is 5.56 Å². The van der Waals surface area contributed by atoms with Gasteiger partial charge in [0.05, 0.1) is 11.3 Å². The third kappa shape index (κ3) is 3.62. The number of aromatic amines is 2. The van der Waals surface area contributed by atoms with Crippen LogP contribution in [-0.2, 0) is 26.1 Å². The van der Waals surface area contributed by atoms with Crippen LogP contribution in [0.25, 0.3) is 10.9 Å². The maximum atomic E-state index is 12.4. The molecule has 0 saturated carbocycles. The molecule has 0 saturated heterocycles. The molecular weight excluding hydrogens is 376 g/mol. The maximum Gasteiger partial charge on any atom is 0.255 e. The normalized spacial score (nSPS) is 14.0. The molecule has 0 aliphatic carbocycles. The number of benzene rings is 2. The first-order valence-electron chi connectivity index (χ1n) is 10.2. The minimum Gasteiger partial charge on any atom is -0.488 e. The molecule has 2 N–H and O–H groups in total. The van der Waals surface area contributed by atoms with Crippen molar-refractivity contribution in [1.82, 2.24) is 19.9 Å². The summed E-state index contributed by atoms with van der Waals surface area (Å²) in [7, 11) is 0. The molecule has 0 bridgehead atoms. The monoisotopic (exact) mass is 400 g/mol. The number of aromatic nitrogens is 3. The lowest BCUT2D eigenvalue weighted by Gasteiger charge is -2.27. The van der Waals surface area contributed by atoms with Gasteiger partial charge in [0.15, 0.2) is 0 Å². The van der Waals surface area contributed by atoms with E-state index in [1.807, 2.05) is 43.5 Å². The van der Waals surface area contributed by atoms with E-state index >= 15 is 0 Å². The molecule has 1 aliphatic rings. The molecule has 0 unspecified atom stereocenters. The van der Waals surface area contributed by atoms with Crippen LogP contribution in [0.5, 0.6) is 5.75 Å². The van der Waals surface area contributed by atoms with Gasteiger partial charge in [-0.25, -0.2) is 4.98 Å². The van der Waals surface area contributed by atoms with Gasteiger partial charge >= 0.3 is 0 Å². The molecular formula is C24H24N4O2.